The van der Waals surface area contributed by atoms with E-state index in [0.29, 0.717) is 10.9 Å². The van der Waals surface area contributed by atoms with Crippen molar-refractivity contribution >= 4 is 44.9 Å². The Morgan fingerprint density at radius 1 is 1.23 bits per heavy atom. The van der Waals surface area contributed by atoms with Crippen LogP contribution in [0.2, 0.25) is 0 Å². The van der Waals surface area contributed by atoms with Crippen molar-refractivity contribution in [3.63, 3.8) is 0 Å². The summed E-state index contributed by atoms with van der Waals surface area (Å²) in [5.41, 5.74) is 3.35. The molecular formula is C23H25N3O2S2. The zero-order valence-electron chi connectivity index (χ0n) is 17.3. The lowest BCUT2D eigenvalue weighted by Gasteiger charge is -2.20. The summed E-state index contributed by atoms with van der Waals surface area (Å²) in [6.45, 7) is 4.78. The van der Waals surface area contributed by atoms with Gasteiger partial charge in [0.25, 0.3) is 5.56 Å². The first-order valence-electron chi connectivity index (χ1n) is 10.6. The highest BCUT2D eigenvalue weighted by molar-refractivity contribution is 7.99. The normalized spacial score (nSPS) is 16.5. The molecule has 0 bridgehead atoms. The fraction of sp³-hybridized carbons (Fsp3) is 0.435. The molecule has 1 fully saturated rings. The summed E-state index contributed by atoms with van der Waals surface area (Å²) in [5, 5.41) is 1.45. The van der Waals surface area contributed by atoms with Crippen LogP contribution in [0, 0.1) is 13.8 Å². The van der Waals surface area contributed by atoms with Gasteiger partial charge in [-0.1, -0.05) is 42.8 Å². The molecule has 5 rings (SSSR count). The van der Waals surface area contributed by atoms with Crippen LogP contribution in [0.25, 0.3) is 10.2 Å². The Morgan fingerprint density at radius 2 is 2.00 bits per heavy atom. The van der Waals surface area contributed by atoms with E-state index in [4.69, 9.17) is 4.98 Å². The van der Waals surface area contributed by atoms with E-state index in [-0.39, 0.29) is 17.5 Å². The second-order valence-corrected chi connectivity index (χ2v) is 10.3. The first kappa shape index (κ1) is 19.8. The molecule has 0 spiro atoms. The molecule has 0 N–H and O–H groups in total. The Labute approximate surface area is 184 Å². The highest BCUT2D eigenvalue weighted by atomic mass is 32.2. The van der Waals surface area contributed by atoms with Crippen LogP contribution in [-0.4, -0.2) is 27.8 Å². The fourth-order valence-corrected chi connectivity index (χ4v) is 6.69. The molecule has 3 aromatic rings. The van der Waals surface area contributed by atoms with E-state index in [1.165, 1.54) is 17.3 Å². The SMILES string of the molecule is Cc1sc2nc(SCC(=O)N3CCc4ccccc43)n(C3CCCC3)c(=O)c2c1C. The minimum absolute atomic E-state index is 0.0650. The molecule has 7 heteroatoms. The highest BCUT2D eigenvalue weighted by Gasteiger charge is 2.27. The van der Waals surface area contributed by atoms with E-state index < -0.39 is 0 Å². The van der Waals surface area contributed by atoms with Crippen LogP contribution in [0.15, 0.2) is 34.2 Å². The van der Waals surface area contributed by atoms with E-state index in [0.717, 1.165) is 65.0 Å². The Hall–Kier alpha value is -2.12. The number of amides is 1. The van der Waals surface area contributed by atoms with E-state index in [1.807, 2.05) is 41.5 Å². The van der Waals surface area contributed by atoms with Crippen LogP contribution in [0.4, 0.5) is 5.69 Å². The topological polar surface area (TPSA) is 55.2 Å². The van der Waals surface area contributed by atoms with Crippen molar-refractivity contribution in [3.8, 4) is 0 Å². The largest absolute Gasteiger partial charge is 0.311 e. The molecule has 0 unspecified atom stereocenters. The second-order valence-electron chi connectivity index (χ2n) is 8.18. The number of hydrogen-bond donors (Lipinski definition) is 0. The van der Waals surface area contributed by atoms with Crippen LogP contribution in [0.3, 0.4) is 0 Å². The van der Waals surface area contributed by atoms with Crippen LogP contribution in [0.5, 0.6) is 0 Å². The van der Waals surface area contributed by atoms with E-state index in [1.54, 1.807) is 11.3 Å². The van der Waals surface area contributed by atoms with Gasteiger partial charge in [-0.05, 0) is 50.3 Å². The quantitative estimate of drug-likeness (QED) is 0.430. The summed E-state index contributed by atoms with van der Waals surface area (Å²) < 4.78 is 1.89. The van der Waals surface area contributed by atoms with Gasteiger partial charge in [-0.2, -0.15) is 0 Å². The molecule has 0 saturated heterocycles. The molecule has 1 saturated carbocycles. The molecule has 2 aromatic heterocycles. The Bertz CT molecular complexity index is 1190. The Balaban J connectivity index is 1.47. The van der Waals surface area contributed by atoms with Gasteiger partial charge in [0.15, 0.2) is 5.16 Å². The number of para-hydroxylation sites is 1. The van der Waals surface area contributed by atoms with Crippen molar-refractivity contribution in [1.82, 2.24) is 9.55 Å². The molecular weight excluding hydrogens is 414 g/mol. The number of rotatable bonds is 4. The van der Waals surface area contributed by atoms with Crippen LogP contribution < -0.4 is 10.5 Å². The number of aromatic nitrogens is 2. The number of aryl methyl sites for hydroxylation is 2. The molecule has 2 aliphatic rings. The van der Waals surface area contributed by atoms with E-state index in [2.05, 4.69) is 6.07 Å². The second kappa shape index (κ2) is 7.85. The minimum atomic E-state index is 0.0650. The van der Waals surface area contributed by atoms with Crippen molar-refractivity contribution in [1.29, 1.82) is 0 Å². The van der Waals surface area contributed by atoms with Gasteiger partial charge in [0, 0.05) is 23.2 Å². The van der Waals surface area contributed by atoms with Crippen molar-refractivity contribution in [2.45, 2.75) is 57.1 Å². The van der Waals surface area contributed by atoms with Gasteiger partial charge in [0.1, 0.15) is 4.83 Å². The molecule has 1 aliphatic carbocycles. The standard InChI is InChI=1S/C23H25N3O2S2/c1-14-15(2)30-21-20(14)22(28)26(17-8-4-5-9-17)23(24-21)29-13-19(27)25-12-11-16-7-3-6-10-18(16)25/h3,6-7,10,17H,4-5,8-9,11-13H2,1-2H3. The summed E-state index contributed by atoms with van der Waals surface area (Å²) in [6.07, 6.45) is 5.21. The lowest BCUT2D eigenvalue weighted by molar-refractivity contribution is -0.116. The first-order chi connectivity index (χ1) is 14.5. The number of anilines is 1. The van der Waals surface area contributed by atoms with Crippen molar-refractivity contribution in [2.24, 2.45) is 0 Å². The Morgan fingerprint density at radius 3 is 2.80 bits per heavy atom. The molecule has 1 amide bonds. The number of nitrogens with zero attached hydrogens (tertiary/aromatic N) is 3. The third-order valence-electron chi connectivity index (χ3n) is 6.41. The highest BCUT2D eigenvalue weighted by Crippen LogP contribution is 2.35. The number of thioether (sulfide) groups is 1. The van der Waals surface area contributed by atoms with Crippen molar-refractivity contribution in [2.75, 3.05) is 17.2 Å². The molecule has 0 atom stereocenters. The van der Waals surface area contributed by atoms with Crippen LogP contribution in [0.1, 0.15) is 47.7 Å². The number of hydrogen-bond acceptors (Lipinski definition) is 5. The molecule has 30 heavy (non-hydrogen) atoms. The average molecular weight is 440 g/mol. The average Bonchev–Trinajstić information content (AvgIpc) is 3.46. The third kappa shape index (κ3) is 3.28. The van der Waals surface area contributed by atoms with Crippen molar-refractivity contribution in [3.05, 3.63) is 50.6 Å². The molecule has 1 aliphatic heterocycles. The zero-order valence-corrected chi connectivity index (χ0v) is 18.9. The van der Waals surface area contributed by atoms with Gasteiger partial charge >= 0.3 is 0 Å². The van der Waals surface area contributed by atoms with Crippen LogP contribution in [-0.2, 0) is 11.2 Å². The summed E-state index contributed by atoms with van der Waals surface area (Å²) >= 11 is 2.99. The summed E-state index contributed by atoms with van der Waals surface area (Å²) in [6, 6.07) is 8.29. The maximum atomic E-state index is 13.5. The number of carbonyl (C=O) groups is 1. The smallest absolute Gasteiger partial charge is 0.263 e. The molecule has 3 heterocycles. The van der Waals surface area contributed by atoms with Crippen LogP contribution >= 0.6 is 23.1 Å². The summed E-state index contributed by atoms with van der Waals surface area (Å²) in [4.78, 5) is 35.2. The minimum Gasteiger partial charge on any atom is -0.311 e. The molecule has 156 valence electrons. The van der Waals surface area contributed by atoms with Gasteiger partial charge in [-0.15, -0.1) is 11.3 Å². The molecule has 0 radical (unpaired) electrons. The summed E-state index contributed by atoms with van der Waals surface area (Å²) in [5.74, 6) is 0.373. The first-order valence-corrected chi connectivity index (χ1v) is 12.4. The predicted octanol–water partition coefficient (Wildman–Crippen LogP) is 4.87. The van der Waals surface area contributed by atoms with Gasteiger partial charge in [-0.3, -0.25) is 14.2 Å². The number of benzene rings is 1. The fourth-order valence-electron chi connectivity index (χ4n) is 4.68. The lowest BCUT2D eigenvalue weighted by atomic mass is 10.2. The van der Waals surface area contributed by atoms with Gasteiger partial charge in [-0.25, -0.2) is 4.98 Å². The van der Waals surface area contributed by atoms with Gasteiger partial charge < -0.3 is 4.90 Å². The summed E-state index contributed by atoms with van der Waals surface area (Å²) in [7, 11) is 0. The maximum Gasteiger partial charge on any atom is 0.263 e. The van der Waals surface area contributed by atoms with E-state index in [9.17, 15) is 9.59 Å². The van der Waals surface area contributed by atoms with Gasteiger partial charge in [0.2, 0.25) is 5.91 Å². The number of thiophene rings is 1. The lowest BCUT2D eigenvalue weighted by Crippen LogP contribution is -2.31. The molecule has 5 nitrogen and oxygen atoms in total. The van der Waals surface area contributed by atoms with Crippen molar-refractivity contribution < 1.29 is 4.79 Å². The Kier molecular flexibility index (Phi) is 5.19. The third-order valence-corrected chi connectivity index (χ3v) is 8.44. The maximum absolute atomic E-state index is 13.5. The zero-order chi connectivity index (χ0) is 20.8. The van der Waals surface area contributed by atoms with Gasteiger partial charge in [0.05, 0.1) is 11.1 Å². The van der Waals surface area contributed by atoms with E-state index >= 15 is 0 Å². The molecule has 1 aromatic carbocycles. The predicted molar refractivity (Wildman–Crippen MR) is 124 cm³/mol. The monoisotopic (exact) mass is 439 g/mol. The number of fused-ring (bicyclic) bond motifs is 2. The number of carbonyl (C=O) groups excluding carboxylic acids is 1.